The van der Waals surface area contributed by atoms with Gasteiger partial charge in [-0.15, -0.1) is 0 Å². The second-order valence-electron chi connectivity index (χ2n) is 4.96. The molecule has 0 saturated heterocycles. The molecule has 0 aliphatic heterocycles. The maximum atomic E-state index is 12.3. The zero-order valence-corrected chi connectivity index (χ0v) is 11.8. The third-order valence-electron chi connectivity index (χ3n) is 3.44. The Hall–Kier alpha value is -3.34. The van der Waals surface area contributed by atoms with Crippen molar-refractivity contribution < 1.29 is 18.4 Å². The Balaban J connectivity index is 1.75. The van der Waals surface area contributed by atoms with Crippen molar-refractivity contribution in [3.05, 3.63) is 76.8 Å². The molecule has 4 aromatic rings. The number of carbonyl (C=O) groups is 1. The highest BCUT2D eigenvalue weighted by atomic mass is 16.5. The van der Waals surface area contributed by atoms with Gasteiger partial charge in [0.2, 0.25) is 5.76 Å². The fourth-order valence-electron chi connectivity index (χ4n) is 2.40. The highest BCUT2D eigenvalue weighted by molar-refractivity contribution is 5.95. The topological polar surface area (TPSA) is 69.7 Å². The molecular formula is C18H10O5. The number of para-hydroxylation sites is 2. The van der Waals surface area contributed by atoms with E-state index in [0.717, 1.165) is 11.5 Å². The van der Waals surface area contributed by atoms with E-state index in [-0.39, 0.29) is 11.5 Å². The molecule has 0 unspecified atom stereocenters. The first-order valence-corrected chi connectivity index (χ1v) is 6.94. The summed E-state index contributed by atoms with van der Waals surface area (Å²) in [7, 11) is 0. The SMILES string of the molecule is O=C(Oc1cc(=O)oc2ccccc12)c1cc2ccccc2o1. The second kappa shape index (κ2) is 5.14. The second-order valence-corrected chi connectivity index (χ2v) is 4.96. The smallest absolute Gasteiger partial charge is 0.379 e. The summed E-state index contributed by atoms with van der Waals surface area (Å²) >= 11 is 0. The number of rotatable bonds is 2. The summed E-state index contributed by atoms with van der Waals surface area (Å²) in [5, 5.41) is 1.34. The Morgan fingerprint density at radius 1 is 0.870 bits per heavy atom. The highest BCUT2D eigenvalue weighted by Crippen LogP contribution is 2.25. The van der Waals surface area contributed by atoms with Crippen molar-refractivity contribution in [2.45, 2.75) is 0 Å². The van der Waals surface area contributed by atoms with E-state index in [1.807, 2.05) is 18.2 Å². The Morgan fingerprint density at radius 2 is 1.61 bits per heavy atom. The fraction of sp³-hybridized carbons (Fsp3) is 0. The van der Waals surface area contributed by atoms with Gasteiger partial charge in [-0.25, -0.2) is 9.59 Å². The summed E-state index contributed by atoms with van der Waals surface area (Å²) in [6.45, 7) is 0. The molecule has 0 atom stereocenters. The van der Waals surface area contributed by atoms with Crippen LogP contribution in [-0.4, -0.2) is 5.97 Å². The molecule has 5 nitrogen and oxygen atoms in total. The maximum absolute atomic E-state index is 12.3. The lowest BCUT2D eigenvalue weighted by molar-refractivity contribution is 0.0705. The van der Waals surface area contributed by atoms with Gasteiger partial charge < -0.3 is 13.6 Å². The van der Waals surface area contributed by atoms with Crippen molar-refractivity contribution in [3.63, 3.8) is 0 Å². The van der Waals surface area contributed by atoms with Crippen LogP contribution in [0.2, 0.25) is 0 Å². The van der Waals surface area contributed by atoms with Crippen molar-refractivity contribution in [1.82, 2.24) is 0 Å². The zero-order valence-electron chi connectivity index (χ0n) is 11.8. The molecule has 2 aromatic carbocycles. The number of ether oxygens (including phenoxy) is 1. The summed E-state index contributed by atoms with van der Waals surface area (Å²) in [4.78, 5) is 23.9. The zero-order chi connectivity index (χ0) is 15.8. The van der Waals surface area contributed by atoms with E-state index in [1.165, 1.54) is 0 Å². The number of furan rings is 1. The molecule has 2 aromatic heterocycles. The number of hydrogen-bond donors (Lipinski definition) is 0. The van der Waals surface area contributed by atoms with E-state index >= 15 is 0 Å². The van der Waals surface area contributed by atoms with Crippen molar-refractivity contribution in [2.75, 3.05) is 0 Å². The molecule has 0 saturated carbocycles. The summed E-state index contributed by atoms with van der Waals surface area (Å²) in [6.07, 6.45) is 0. The van der Waals surface area contributed by atoms with E-state index in [1.54, 1.807) is 36.4 Å². The Morgan fingerprint density at radius 3 is 2.43 bits per heavy atom. The fourth-order valence-corrected chi connectivity index (χ4v) is 2.40. The van der Waals surface area contributed by atoms with Crippen molar-refractivity contribution in [1.29, 1.82) is 0 Å². The average Bonchev–Trinajstić information content (AvgIpc) is 2.99. The van der Waals surface area contributed by atoms with Gasteiger partial charge in [-0.1, -0.05) is 30.3 Å². The molecular weight excluding hydrogens is 296 g/mol. The van der Waals surface area contributed by atoms with Crippen LogP contribution in [0.25, 0.3) is 21.9 Å². The van der Waals surface area contributed by atoms with Crippen LogP contribution in [0.15, 0.2) is 74.3 Å². The van der Waals surface area contributed by atoms with Crippen molar-refractivity contribution in [2.24, 2.45) is 0 Å². The third kappa shape index (κ3) is 2.38. The van der Waals surface area contributed by atoms with Crippen LogP contribution >= 0.6 is 0 Å². The summed E-state index contributed by atoms with van der Waals surface area (Å²) in [5.41, 5.74) is 0.361. The lowest BCUT2D eigenvalue weighted by Crippen LogP contribution is -2.09. The molecule has 112 valence electrons. The number of carbonyl (C=O) groups excluding carboxylic acids is 1. The molecule has 2 heterocycles. The van der Waals surface area contributed by atoms with Gasteiger partial charge in [-0.2, -0.15) is 0 Å². The van der Waals surface area contributed by atoms with Crippen LogP contribution in [0.3, 0.4) is 0 Å². The van der Waals surface area contributed by atoms with E-state index in [9.17, 15) is 9.59 Å². The minimum absolute atomic E-state index is 0.0727. The Bertz CT molecular complexity index is 1050. The number of fused-ring (bicyclic) bond motifs is 2. The van der Waals surface area contributed by atoms with Crippen LogP contribution < -0.4 is 10.4 Å². The van der Waals surface area contributed by atoms with Gasteiger partial charge in [0.15, 0.2) is 0 Å². The molecule has 0 aliphatic carbocycles. The quantitative estimate of drug-likeness (QED) is 0.416. The van der Waals surface area contributed by atoms with Gasteiger partial charge in [0, 0.05) is 5.39 Å². The highest BCUT2D eigenvalue weighted by Gasteiger charge is 2.17. The predicted octanol–water partition coefficient (Wildman–Crippen LogP) is 3.76. The molecule has 0 amide bonds. The standard InChI is InChI=1S/C18H10O5/c19-17-10-15(12-6-2-4-8-14(12)22-17)23-18(20)16-9-11-5-1-3-7-13(11)21-16/h1-10H. The lowest BCUT2D eigenvalue weighted by Gasteiger charge is -2.04. The first-order valence-electron chi connectivity index (χ1n) is 6.94. The van der Waals surface area contributed by atoms with Gasteiger partial charge >= 0.3 is 11.6 Å². The van der Waals surface area contributed by atoms with Gasteiger partial charge in [0.25, 0.3) is 0 Å². The van der Waals surface area contributed by atoms with Gasteiger partial charge in [-0.05, 0) is 24.3 Å². The lowest BCUT2D eigenvalue weighted by atomic mass is 10.2. The van der Waals surface area contributed by atoms with Gasteiger partial charge in [-0.3, -0.25) is 0 Å². The molecule has 0 N–H and O–H groups in total. The van der Waals surface area contributed by atoms with Crippen LogP contribution in [0.1, 0.15) is 10.6 Å². The van der Waals surface area contributed by atoms with E-state index in [2.05, 4.69) is 0 Å². The van der Waals surface area contributed by atoms with E-state index in [0.29, 0.717) is 16.6 Å². The predicted molar refractivity (Wildman–Crippen MR) is 83.7 cm³/mol. The van der Waals surface area contributed by atoms with E-state index < -0.39 is 11.6 Å². The van der Waals surface area contributed by atoms with Crippen LogP contribution in [0.4, 0.5) is 0 Å². The largest absolute Gasteiger partial charge is 0.449 e. The third-order valence-corrected chi connectivity index (χ3v) is 3.44. The Labute approximate surface area is 129 Å². The minimum Gasteiger partial charge on any atom is -0.449 e. The molecule has 23 heavy (non-hydrogen) atoms. The van der Waals surface area contributed by atoms with Crippen LogP contribution in [-0.2, 0) is 0 Å². The van der Waals surface area contributed by atoms with Gasteiger partial charge in [0.1, 0.15) is 16.9 Å². The van der Waals surface area contributed by atoms with Crippen molar-refractivity contribution >= 4 is 27.9 Å². The molecule has 5 heteroatoms. The van der Waals surface area contributed by atoms with Crippen molar-refractivity contribution in [3.8, 4) is 5.75 Å². The maximum Gasteiger partial charge on any atom is 0.379 e. The molecule has 0 spiro atoms. The number of hydrogen-bond acceptors (Lipinski definition) is 5. The summed E-state index contributed by atoms with van der Waals surface area (Å²) < 4.78 is 15.9. The molecule has 0 aliphatic rings. The van der Waals surface area contributed by atoms with Crippen LogP contribution in [0.5, 0.6) is 5.75 Å². The normalized spacial score (nSPS) is 11.0. The molecule has 0 radical (unpaired) electrons. The number of benzene rings is 2. The first kappa shape index (κ1) is 13.3. The molecule has 0 bridgehead atoms. The summed E-state index contributed by atoms with van der Waals surface area (Å²) in [5.74, 6) is -0.456. The first-order chi connectivity index (χ1) is 11.2. The average molecular weight is 306 g/mol. The molecule has 0 fully saturated rings. The number of esters is 1. The minimum atomic E-state index is -0.669. The van der Waals surface area contributed by atoms with Gasteiger partial charge in [0.05, 0.1) is 11.5 Å². The summed E-state index contributed by atoms with van der Waals surface area (Å²) in [6, 6.07) is 16.8. The van der Waals surface area contributed by atoms with Crippen LogP contribution in [0, 0.1) is 0 Å². The monoisotopic (exact) mass is 306 g/mol. The Kier molecular flexibility index (Phi) is 2.98. The molecule has 4 rings (SSSR count). The van der Waals surface area contributed by atoms with E-state index in [4.69, 9.17) is 13.6 Å².